The first-order valence-electron chi connectivity index (χ1n) is 5.66. The van der Waals surface area contributed by atoms with E-state index in [1.54, 1.807) is 0 Å². The van der Waals surface area contributed by atoms with E-state index in [0.29, 0.717) is 5.69 Å². The van der Waals surface area contributed by atoms with Crippen molar-refractivity contribution in [1.29, 1.82) is 0 Å². The fraction of sp³-hybridized carbons (Fsp3) is 0.273. The minimum absolute atomic E-state index is 0.0145. The Kier molecular flexibility index (Phi) is 2.79. The minimum atomic E-state index is -1.08. The highest BCUT2D eigenvalue weighted by atomic mass is 32.1. The van der Waals surface area contributed by atoms with Crippen LogP contribution in [0.3, 0.4) is 0 Å². The van der Waals surface area contributed by atoms with E-state index in [-0.39, 0.29) is 31.0 Å². The van der Waals surface area contributed by atoms with E-state index in [4.69, 9.17) is 5.11 Å². The largest absolute Gasteiger partial charge is 0.477 e. The van der Waals surface area contributed by atoms with Crippen LogP contribution in [0.25, 0.3) is 4.96 Å². The van der Waals surface area contributed by atoms with E-state index in [9.17, 15) is 9.59 Å². The zero-order valence-corrected chi connectivity index (χ0v) is 10.6. The molecule has 3 rings (SSSR count). The van der Waals surface area contributed by atoms with Crippen LogP contribution in [0.2, 0.25) is 0 Å². The Hall–Kier alpha value is -2.22. The molecule has 0 aliphatic carbocycles. The average Bonchev–Trinajstić information content (AvgIpc) is 2.92. The monoisotopic (exact) mass is 278 g/mol. The summed E-state index contributed by atoms with van der Waals surface area (Å²) in [7, 11) is 0. The zero-order chi connectivity index (χ0) is 13.4. The van der Waals surface area contributed by atoms with Gasteiger partial charge in [-0.25, -0.2) is 14.8 Å². The summed E-state index contributed by atoms with van der Waals surface area (Å²) in [6.07, 6.45) is 4.04. The molecule has 1 N–H and O–H groups in total. The molecule has 19 heavy (non-hydrogen) atoms. The number of carbonyl (C=O) groups excluding carboxylic acids is 1. The highest BCUT2D eigenvalue weighted by Gasteiger charge is 2.24. The van der Waals surface area contributed by atoms with Crippen LogP contribution in [0.15, 0.2) is 22.9 Å². The van der Waals surface area contributed by atoms with Gasteiger partial charge < -0.3 is 5.11 Å². The number of aliphatic carboxylic acids is 1. The number of carboxylic acids is 1. The van der Waals surface area contributed by atoms with Crippen LogP contribution in [-0.2, 0) is 16.1 Å². The molecule has 0 bridgehead atoms. The Labute approximate surface area is 111 Å². The van der Waals surface area contributed by atoms with Crippen molar-refractivity contribution in [1.82, 2.24) is 14.4 Å². The number of thiazole rings is 1. The molecule has 2 aromatic rings. The van der Waals surface area contributed by atoms with Gasteiger partial charge in [-0.05, 0) is 0 Å². The van der Waals surface area contributed by atoms with Gasteiger partial charge in [-0.2, -0.15) is 5.10 Å². The second-order valence-electron chi connectivity index (χ2n) is 4.13. The Morgan fingerprint density at radius 2 is 2.32 bits per heavy atom. The Balaban J connectivity index is 1.84. The molecule has 0 saturated heterocycles. The first kappa shape index (κ1) is 11.8. The third-order valence-corrected chi connectivity index (χ3v) is 3.58. The maximum atomic E-state index is 11.7. The second-order valence-corrected chi connectivity index (χ2v) is 5.00. The SMILES string of the molecule is O=C(O)C1=NN(Cc2cn3ccsc3n2)C(=O)CC1. The minimum Gasteiger partial charge on any atom is -0.477 e. The first-order chi connectivity index (χ1) is 9.13. The number of carboxylic acid groups (broad SMARTS) is 1. The van der Waals surface area contributed by atoms with E-state index in [0.717, 1.165) is 4.96 Å². The second kappa shape index (κ2) is 4.47. The maximum absolute atomic E-state index is 11.7. The quantitative estimate of drug-likeness (QED) is 0.905. The van der Waals surface area contributed by atoms with Crippen molar-refractivity contribution in [2.24, 2.45) is 5.10 Å². The van der Waals surface area contributed by atoms with Crippen molar-refractivity contribution in [3.63, 3.8) is 0 Å². The van der Waals surface area contributed by atoms with Gasteiger partial charge in [-0.15, -0.1) is 11.3 Å². The fourth-order valence-electron chi connectivity index (χ4n) is 1.88. The topological polar surface area (TPSA) is 87.3 Å². The number of fused-ring (bicyclic) bond motifs is 1. The van der Waals surface area contributed by atoms with Crippen LogP contribution in [0.1, 0.15) is 18.5 Å². The zero-order valence-electron chi connectivity index (χ0n) is 9.81. The van der Waals surface area contributed by atoms with E-state index < -0.39 is 5.97 Å². The normalized spacial score (nSPS) is 15.9. The number of hydrogen-bond donors (Lipinski definition) is 1. The summed E-state index contributed by atoms with van der Waals surface area (Å²) >= 11 is 1.49. The Bertz CT molecular complexity index is 658. The molecule has 0 aromatic carbocycles. The van der Waals surface area contributed by atoms with Crippen LogP contribution in [0.4, 0.5) is 0 Å². The lowest BCUT2D eigenvalue weighted by Gasteiger charge is -2.21. The average molecular weight is 278 g/mol. The van der Waals surface area contributed by atoms with Crippen LogP contribution in [0.5, 0.6) is 0 Å². The molecule has 2 aromatic heterocycles. The molecule has 1 amide bonds. The molecule has 0 saturated carbocycles. The predicted molar refractivity (Wildman–Crippen MR) is 67.9 cm³/mol. The van der Waals surface area contributed by atoms with Gasteiger partial charge in [-0.1, -0.05) is 0 Å². The van der Waals surface area contributed by atoms with E-state index in [1.807, 2.05) is 22.2 Å². The van der Waals surface area contributed by atoms with Crippen molar-refractivity contribution in [2.75, 3.05) is 0 Å². The molecular weight excluding hydrogens is 268 g/mol. The molecule has 0 fully saturated rings. The molecular formula is C11H10N4O3S. The van der Waals surface area contributed by atoms with Gasteiger partial charge in [0.25, 0.3) is 0 Å². The summed E-state index contributed by atoms with van der Waals surface area (Å²) in [5.74, 6) is -1.26. The molecule has 0 atom stereocenters. The lowest BCUT2D eigenvalue weighted by atomic mass is 10.1. The summed E-state index contributed by atoms with van der Waals surface area (Å²) in [5, 5.41) is 15.9. The Morgan fingerprint density at radius 3 is 3.05 bits per heavy atom. The smallest absolute Gasteiger partial charge is 0.352 e. The van der Waals surface area contributed by atoms with Gasteiger partial charge in [0, 0.05) is 30.6 Å². The molecule has 0 spiro atoms. The van der Waals surface area contributed by atoms with Gasteiger partial charge in [0.05, 0.1) is 12.2 Å². The van der Waals surface area contributed by atoms with Crippen LogP contribution in [0, 0.1) is 0 Å². The number of hydrogen-bond acceptors (Lipinski definition) is 5. The van der Waals surface area contributed by atoms with Crippen molar-refractivity contribution in [3.8, 4) is 0 Å². The Morgan fingerprint density at radius 1 is 1.47 bits per heavy atom. The van der Waals surface area contributed by atoms with Gasteiger partial charge in [0.15, 0.2) is 4.96 Å². The number of hydrazone groups is 1. The summed E-state index contributed by atoms with van der Waals surface area (Å²) in [4.78, 5) is 27.8. The lowest BCUT2D eigenvalue weighted by molar-refractivity contribution is -0.133. The highest BCUT2D eigenvalue weighted by Crippen LogP contribution is 2.16. The molecule has 8 heteroatoms. The lowest BCUT2D eigenvalue weighted by Crippen LogP contribution is -2.33. The van der Waals surface area contributed by atoms with Crippen molar-refractivity contribution < 1.29 is 14.7 Å². The molecule has 1 aliphatic heterocycles. The molecule has 0 unspecified atom stereocenters. The van der Waals surface area contributed by atoms with Crippen molar-refractivity contribution in [3.05, 3.63) is 23.5 Å². The number of rotatable bonds is 3. The predicted octanol–water partition coefficient (Wildman–Crippen LogP) is 0.959. The number of imidazole rings is 1. The maximum Gasteiger partial charge on any atom is 0.352 e. The van der Waals surface area contributed by atoms with Gasteiger partial charge in [0.1, 0.15) is 5.71 Å². The summed E-state index contributed by atoms with van der Waals surface area (Å²) in [6.45, 7) is 0.198. The molecule has 98 valence electrons. The number of nitrogens with zero attached hydrogens (tertiary/aromatic N) is 4. The summed E-state index contributed by atoms with van der Waals surface area (Å²) < 4.78 is 1.86. The third-order valence-electron chi connectivity index (χ3n) is 2.81. The van der Waals surface area contributed by atoms with E-state index in [1.165, 1.54) is 16.3 Å². The molecule has 7 nitrogen and oxygen atoms in total. The van der Waals surface area contributed by atoms with Crippen LogP contribution in [-0.4, -0.2) is 37.1 Å². The van der Waals surface area contributed by atoms with Crippen molar-refractivity contribution in [2.45, 2.75) is 19.4 Å². The number of aromatic nitrogens is 2. The number of amides is 1. The first-order valence-corrected chi connectivity index (χ1v) is 6.53. The molecule has 3 heterocycles. The summed E-state index contributed by atoms with van der Waals surface area (Å²) in [5.41, 5.74) is 0.705. The van der Waals surface area contributed by atoms with E-state index in [2.05, 4.69) is 10.1 Å². The van der Waals surface area contributed by atoms with Gasteiger partial charge in [0.2, 0.25) is 5.91 Å². The van der Waals surface area contributed by atoms with Crippen LogP contribution < -0.4 is 0 Å². The molecule has 1 aliphatic rings. The third kappa shape index (κ3) is 2.22. The summed E-state index contributed by atoms with van der Waals surface area (Å²) in [6, 6.07) is 0. The standard InChI is InChI=1S/C11H10N4O3S/c16-9-2-1-8(10(17)18)13-15(9)6-7-5-14-3-4-19-11(14)12-7/h3-5H,1-2,6H2,(H,17,18). The van der Waals surface area contributed by atoms with Crippen molar-refractivity contribution >= 4 is 33.9 Å². The highest BCUT2D eigenvalue weighted by molar-refractivity contribution is 7.15. The van der Waals surface area contributed by atoms with Crippen LogP contribution >= 0.6 is 11.3 Å². The van der Waals surface area contributed by atoms with Gasteiger partial charge >= 0.3 is 5.97 Å². The fourth-order valence-corrected chi connectivity index (χ4v) is 2.60. The van der Waals surface area contributed by atoms with E-state index >= 15 is 0 Å². The van der Waals surface area contributed by atoms with Gasteiger partial charge in [-0.3, -0.25) is 9.20 Å². The number of carbonyl (C=O) groups is 2. The molecule has 0 radical (unpaired) electrons.